The van der Waals surface area contributed by atoms with Gasteiger partial charge in [-0.3, -0.25) is 14.4 Å². The lowest BCUT2D eigenvalue weighted by Gasteiger charge is -2.18. The lowest BCUT2D eigenvalue weighted by atomic mass is 10.1. The van der Waals surface area contributed by atoms with E-state index < -0.39 is 6.10 Å². The van der Waals surface area contributed by atoms with Crippen molar-refractivity contribution in [2.75, 3.05) is 13.2 Å². The average Bonchev–Trinajstić information content (AvgIpc) is 3.14. The fourth-order valence-corrected chi connectivity index (χ4v) is 5.96. The summed E-state index contributed by atoms with van der Waals surface area (Å²) in [6.07, 6.45) is 45.6. The first-order valence-electron chi connectivity index (χ1n) is 22.0. The molecule has 302 valence electrons. The molecule has 0 aliphatic heterocycles. The highest BCUT2D eigenvalue weighted by molar-refractivity contribution is 5.71. The number of hydrogen-bond donors (Lipinski definition) is 0. The van der Waals surface area contributed by atoms with Crippen molar-refractivity contribution in [2.45, 2.75) is 226 Å². The zero-order valence-electron chi connectivity index (χ0n) is 34.3. The van der Waals surface area contributed by atoms with Crippen LogP contribution in [0.15, 0.2) is 36.5 Å². The molecule has 0 N–H and O–H groups in total. The molecule has 0 aliphatic rings. The van der Waals surface area contributed by atoms with E-state index >= 15 is 0 Å². The highest BCUT2D eigenvalue weighted by Crippen LogP contribution is 2.12. The molecule has 0 saturated heterocycles. The summed E-state index contributed by atoms with van der Waals surface area (Å²) in [6, 6.07) is 0. The molecule has 0 heterocycles. The van der Waals surface area contributed by atoms with Crippen LogP contribution in [-0.4, -0.2) is 37.2 Å². The summed E-state index contributed by atoms with van der Waals surface area (Å²) in [4.78, 5) is 37.6. The molecule has 52 heavy (non-hydrogen) atoms. The van der Waals surface area contributed by atoms with Gasteiger partial charge in [0.2, 0.25) is 0 Å². The van der Waals surface area contributed by atoms with Crippen LogP contribution < -0.4 is 0 Å². The van der Waals surface area contributed by atoms with E-state index in [0.29, 0.717) is 25.7 Å². The molecule has 0 radical (unpaired) electrons. The standard InChI is InChI=1S/C46H82O6/c1-4-7-10-13-16-19-21-23-25-27-30-33-36-39-45(48)51-42-43(41-50-44(47)38-35-32-29-26-18-15-12-9-6-3)52-46(49)40-37-34-31-28-24-22-20-17-14-11-8-5-2/h17,20,23,25-26,29,43H,4-16,18-19,21-22,24,27-28,30-42H2,1-3H3/b20-17-,25-23-,29-26-. The first-order valence-corrected chi connectivity index (χ1v) is 22.0. The van der Waals surface area contributed by atoms with Gasteiger partial charge in [-0.2, -0.15) is 0 Å². The third-order valence-corrected chi connectivity index (χ3v) is 9.34. The lowest BCUT2D eigenvalue weighted by Crippen LogP contribution is -2.30. The van der Waals surface area contributed by atoms with E-state index in [9.17, 15) is 14.4 Å². The predicted molar refractivity (Wildman–Crippen MR) is 219 cm³/mol. The molecule has 0 aliphatic carbocycles. The lowest BCUT2D eigenvalue weighted by molar-refractivity contribution is -0.167. The van der Waals surface area contributed by atoms with Gasteiger partial charge in [-0.1, -0.05) is 147 Å². The summed E-state index contributed by atoms with van der Waals surface area (Å²) in [5, 5.41) is 0. The van der Waals surface area contributed by atoms with E-state index in [0.717, 1.165) is 77.0 Å². The maximum Gasteiger partial charge on any atom is 0.306 e. The van der Waals surface area contributed by atoms with Gasteiger partial charge in [0, 0.05) is 19.3 Å². The Hall–Kier alpha value is -2.37. The van der Waals surface area contributed by atoms with Crippen molar-refractivity contribution in [3.05, 3.63) is 36.5 Å². The summed E-state index contributed by atoms with van der Waals surface area (Å²) < 4.78 is 16.6. The molecule has 6 nitrogen and oxygen atoms in total. The minimum Gasteiger partial charge on any atom is -0.462 e. The Morgan fingerprint density at radius 2 is 0.654 bits per heavy atom. The maximum absolute atomic E-state index is 12.7. The average molecular weight is 731 g/mol. The summed E-state index contributed by atoms with van der Waals surface area (Å²) in [7, 11) is 0. The minimum absolute atomic E-state index is 0.0915. The van der Waals surface area contributed by atoms with Crippen LogP contribution in [0.5, 0.6) is 0 Å². The van der Waals surface area contributed by atoms with Crippen molar-refractivity contribution in [2.24, 2.45) is 0 Å². The van der Waals surface area contributed by atoms with E-state index in [1.165, 1.54) is 96.3 Å². The Morgan fingerprint density at radius 3 is 1.12 bits per heavy atom. The third kappa shape index (κ3) is 38.9. The molecular weight excluding hydrogens is 648 g/mol. The summed E-state index contributed by atoms with van der Waals surface area (Å²) in [5.41, 5.74) is 0. The number of esters is 3. The van der Waals surface area contributed by atoms with Gasteiger partial charge in [0.1, 0.15) is 13.2 Å². The second kappa shape index (κ2) is 41.4. The highest BCUT2D eigenvalue weighted by Gasteiger charge is 2.19. The number of rotatable bonds is 39. The normalized spacial score (nSPS) is 12.3. The molecule has 0 saturated carbocycles. The van der Waals surface area contributed by atoms with Crippen molar-refractivity contribution >= 4 is 17.9 Å². The smallest absolute Gasteiger partial charge is 0.306 e. The van der Waals surface area contributed by atoms with Crippen LogP contribution in [-0.2, 0) is 28.6 Å². The number of carbonyl (C=O) groups excluding carboxylic acids is 3. The van der Waals surface area contributed by atoms with Gasteiger partial charge >= 0.3 is 17.9 Å². The Balaban J connectivity index is 4.42. The monoisotopic (exact) mass is 731 g/mol. The minimum atomic E-state index is -0.788. The third-order valence-electron chi connectivity index (χ3n) is 9.34. The topological polar surface area (TPSA) is 78.9 Å². The van der Waals surface area contributed by atoms with Crippen molar-refractivity contribution < 1.29 is 28.6 Å². The zero-order valence-corrected chi connectivity index (χ0v) is 34.3. The van der Waals surface area contributed by atoms with Crippen LogP contribution in [0.3, 0.4) is 0 Å². The summed E-state index contributed by atoms with van der Waals surface area (Å²) in [5.74, 6) is -0.954. The first kappa shape index (κ1) is 49.6. The molecule has 0 rings (SSSR count). The van der Waals surface area contributed by atoms with E-state index in [-0.39, 0.29) is 31.1 Å². The van der Waals surface area contributed by atoms with Gasteiger partial charge in [0.15, 0.2) is 6.10 Å². The quantitative estimate of drug-likeness (QED) is 0.0271. The van der Waals surface area contributed by atoms with Gasteiger partial charge in [-0.25, -0.2) is 0 Å². The molecule has 0 fully saturated rings. The van der Waals surface area contributed by atoms with E-state index in [1.54, 1.807) is 0 Å². The predicted octanol–water partition coefficient (Wildman–Crippen LogP) is 13.8. The molecule has 0 aromatic carbocycles. The fraction of sp³-hybridized carbons (Fsp3) is 0.804. The van der Waals surface area contributed by atoms with Gasteiger partial charge in [0.25, 0.3) is 0 Å². The molecule has 0 amide bonds. The van der Waals surface area contributed by atoms with Gasteiger partial charge in [0.05, 0.1) is 0 Å². The molecule has 6 heteroatoms. The van der Waals surface area contributed by atoms with Crippen molar-refractivity contribution in [1.82, 2.24) is 0 Å². The van der Waals surface area contributed by atoms with Crippen molar-refractivity contribution in [1.29, 1.82) is 0 Å². The molecule has 0 aromatic rings. The van der Waals surface area contributed by atoms with Crippen LogP contribution in [0.25, 0.3) is 0 Å². The molecule has 0 spiro atoms. The van der Waals surface area contributed by atoms with Gasteiger partial charge in [-0.15, -0.1) is 0 Å². The van der Waals surface area contributed by atoms with E-state index in [4.69, 9.17) is 14.2 Å². The largest absolute Gasteiger partial charge is 0.462 e. The van der Waals surface area contributed by atoms with Crippen LogP contribution >= 0.6 is 0 Å². The Kier molecular flexibility index (Phi) is 39.5. The second-order valence-corrected chi connectivity index (χ2v) is 14.6. The summed E-state index contributed by atoms with van der Waals surface area (Å²) >= 11 is 0. The van der Waals surface area contributed by atoms with Gasteiger partial charge in [-0.05, 0) is 89.9 Å². The zero-order chi connectivity index (χ0) is 38.0. The number of hydrogen-bond acceptors (Lipinski definition) is 6. The van der Waals surface area contributed by atoms with Crippen LogP contribution in [0.2, 0.25) is 0 Å². The molecule has 1 atom stereocenters. The number of carbonyl (C=O) groups is 3. The van der Waals surface area contributed by atoms with E-state index in [2.05, 4.69) is 57.2 Å². The number of unbranched alkanes of at least 4 members (excludes halogenated alkanes) is 22. The van der Waals surface area contributed by atoms with E-state index in [1.807, 2.05) is 0 Å². The molecule has 1 unspecified atom stereocenters. The number of allylic oxidation sites excluding steroid dienone is 6. The van der Waals surface area contributed by atoms with Crippen molar-refractivity contribution in [3.8, 4) is 0 Å². The summed E-state index contributed by atoms with van der Waals surface area (Å²) in [6.45, 7) is 6.51. The second-order valence-electron chi connectivity index (χ2n) is 14.6. The number of ether oxygens (including phenoxy) is 3. The highest BCUT2D eigenvalue weighted by atomic mass is 16.6. The molecule has 0 bridgehead atoms. The molecular formula is C46H82O6. The Labute approximate surface area is 321 Å². The van der Waals surface area contributed by atoms with Crippen LogP contribution in [0.1, 0.15) is 220 Å². The first-order chi connectivity index (χ1) is 25.5. The molecule has 0 aromatic heterocycles. The van der Waals surface area contributed by atoms with Gasteiger partial charge < -0.3 is 14.2 Å². The van der Waals surface area contributed by atoms with Crippen molar-refractivity contribution in [3.63, 3.8) is 0 Å². The fourth-order valence-electron chi connectivity index (χ4n) is 5.96. The maximum atomic E-state index is 12.7. The SMILES string of the molecule is CCCCC/C=C\CCCCCCCC(=O)OC(COC(=O)CCC/C=C\CCCCCC)COC(=O)CCCCC/C=C\CCCCCCCC. The van der Waals surface area contributed by atoms with Crippen LogP contribution in [0.4, 0.5) is 0 Å². The Morgan fingerprint density at radius 1 is 0.365 bits per heavy atom. The Bertz CT molecular complexity index is 891. The van der Waals surface area contributed by atoms with Crippen LogP contribution in [0, 0.1) is 0 Å².